The Bertz CT molecular complexity index is 572. The van der Waals surface area contributed by atoms with Gasteiger partial charge >= 0.3 is 0 Å². The van der Waals surface area contributed by atoms with E-state index in [1.807, 2.05) is 0 Å². The standard InChI is InChI=1S/C22H37N5.HI/c1-3-23-22(24-16-20-10-7-13-26(2)17-20)25-21-11-14-27(15-12-21)18-19-8-5-4-6-9-19;/h4-6,8-9,20-21H,3,7,10-18H2,1-2H3,(H2,23,24,25);1H. The molecule has 2 N–H and O–H groups in total. The summed E-state index contributed by atoms with van der Waals surface area (Å²) in [5.41, 5.74) is 1.41. The number of nitrogens with one attached hydrogen (secondary N) is 2. The molecule has 1 unspecified atom stereocenters. The molecule has 0 aliphatic carbocycles. The minimum absolute atomic E-state index is 0. The molecule has 1 atom stereocenters. The number of halogens is 1. The Hall–Kier alpha value is -0.860. The van der Waals surface area contributed by atoms with Crippen LogP contribution in [0.5, 0.6) is 0 Å². The van der Waals surface area contributed by atoms with Crippen molar-refractivity contribution < 1.29 is 0 Å². The molecular formula is C22H38IN5. The van der Waals surface area contributed by atoms with E-state index in [4.69, 9.17) is 4.99 Å². The van der Waals surface area contributed by atoms with Crippen molar-refractivity contribution in [3.8, 4) is 0 Å². The quantitative estimate of drug-likeness (QED) is 0.359. The van der Waals surface area contributed by atoms with Crippen LogP contribution in [-0.2, 0) is 6.54 Å². The molecule has 0 radical (unpaired) electrons. The number of hydrogen-bond acceptors (Lipinski definition) is 3. The van der Waals surface area contributed by atoms with Crippen molar-refractivity contribution in [2.45, 2.75) is 45.2 Å². The van der Waals surface area contributed by atoms with Gasteiger partial charge in [-0.1, -0.05) is 30.3 Å². The first-order valence-electron chi connectivity index (χ1n) is 10.7. The van der Waals surface area contributed by atoms with Gasteiger partial charge in [-0.15, -0.1) is 24.0 Å². The highest BCUT2D eigenvalue weighted by Gasteiger charge is 2.21. The van der Waals surface area contributed by atoms with E-state index in [1.165, 1.54) is 44.3 Å². The van der Waals surface area contributed by atoms with Crippen LogP contribution >= 0.6 is 24.0 Å². The average Bonchev–Trinajstić information content (AvgIpc) is 2.69. The molecule has 2 heterocycles. The molecule has 3 rings (SSSR count). The zero-order valence-corrected chi connectivity index (χ0v) is 19.9. The van der Waals surface area contributed by atoms with Gasteiger partial charge in [-0.3, -0.25) is 9.89 Å². The zero-order valence-electron chi connectivity index (χ0n) is 17.6. The fraction of sp³-hybridized carbons (Fsp3) is 0.682. The van der Waals surface area contributed by atoms with E-state index in [1.54, 1.807) is 0 Å². The first-order valence-corrected chi connectivity index (χ1v) is 10.7. The lowest BCUT2D eigenvalue weighted by Gasteiger charge is -2.33. The third-order valence-electron chi connectivity index (χ3n) is 5.75. The van der Waals surface area contributed by atoms with Crippen LogP contribution in [0.15, 0.2) is 35.3 Å². The number of aliphatic imine (C=N–C) groups is 1. The third kappa shape index (κ3) is 7.87. The van der Waals surface area contributed by atoms with Crippen molar-refractivity contribution in [1.82, 2.24) is 20.4 Å². The van der Waals surface area contributed by atoms with Crippen LogP contribution in [0.1, 0.15) is 38.2 Å². The van der Waals surface area contributed by atoms with Gasteiger partial charge in [-0.05, 0) is 57.7 Å². The Kier molecular flexibility index (Phi) is 10.6. The fourth-order valence-electron chi connectivity index (χ4n) is 4.23. The topological polar surface area (TPSA) is 42.9 Å². The molecular weight excluding hydrogens is 461 g/mol. The lowest BCUT2D eigenvalue weighted by molar-refractivity contribution is 0.198. The molecule has 6 heteroatoms. The largest absolute Gasteiger partial charge is 0.357 e. The van der Waals surface area contributed by atoms with Crippen molar-refractivity contribution in [3.63, 3.8) is 0 Å². The summed E-state index contributed by atoms with van der Waals surface area (Å²) in [6.07, 6.45) is 4.98. The van der Waals surface area contributed by atoms with Gasteiger partial charge in [-0.2, -0.15) is 0 Å². The second kappa shape index (κ2) is 12.6. The highest BCUT2D eigenvalue weighted by Crippen LogP contribution is 2.16. The maximum Gasteiger partial charge on any atom is 0.191 e. The summed E-state index contributed by atoms with van der Waals surface area (Å²) in [6, 6.07) is 11.3. The van der Waals surface area contributed by atoms with Crippen LogP contribution in [0, 0.1) is 5.92 Å². The van der Waals surface area contributed by atoms with Crippen LogP contribution in [-0.4, -0.2) is 68.1 Å². The maximum absolute atomic E-state index is 4.91. The predicted molar refractivity (Wildman–Crippen MR) is 129 cm³/mol. The second-order valence-electron chi connectivity index (χ2n) is 8.17. The zero-order chi connectivity index (χ0) is 18.9. The molecule has 2 aliphatic rings. The molecule has 0 spiro atoms. The van der Waals surface area contributed by atoms with Crippen molar-refractivity contribution in [2.24, 2.45) is 10.9 Å². The van der Waals surface area contributed by atoms with Gasteiger partial charge in [0.2, 0.25) is 0 Å². The number of piperidine rings is 2. The maximum atomic E-state index is 4.91. The molecule has 0 aromatic heterocycles. The fourth-order valence-corrected chi connectivity index (χ4v) is 4.23. The van der Waals surface area contributed by atoms with Crippen LogP contribution in [0.4, 0.5) is 0 Å². The summed E-state index contributed by atoms with van der Waals surface area (Å²) in [6.45, 7) is 9.79. The summed E-state index contributed by atoms with van der Waals surface area (Å²) in [4.78, 5) is 9.91. The van der Waals surface area contributed by atoms with Crippen LogP contribution < -0.4 is 10.6 Å². The van der Waals surface area contributed by atoms with E-state index < -0.39 is 0 Å². The first-order chi connectivity index (χ1) is 13.2. The normalized spacial score (nSPS) is 22.5. The molecule has 2 aliphatic heterocycles. The summed E-state index contributed by atoms with van der Waals surface area (Å²) in [7, 11) is 2.22. The number of hydrogen-bond donors (Lipinski definition) is 2. The molecule has 28 heavy (non-hydrogen) atoms. The van der Waals surface area contributed by atoms with Crippen LogP contribution in [0.25, 0.3) is 0 Å². The Balaban J connectivity index is 0.00000280. The smallest absolute Gasteiger partial charge is 0.191 e. The molecule has 0 amide bonds. The monoisotopic (exact) mass is 499 g/mol. The molecule has 1 aromatic rings. The Morgan fingerprint density at radius 3 is 2.54 bits per heavy atom. The van der Waals surface area contributed by atoms with Crippen molar-refractivity contribution in [2.75, 3.05) is 46.3 Å². The van der Waals surface area contributed by atoms with Crippen molar-refractivity contribution in [1.29, 1.82) is 0 Å². The van der Waals surface area contributed by atoms with Gasteiger partial charge in [0.25, 0.3) is 0 Å². The molecule has 0 saturated carbocycles. The summed E-state index contributed by atoms with van der Waals surface area (Å²) < 4.78 is 0. The summed E-state index contributed by atoms with van der Waals surface area (Å²) in [5.74, 6) is 1.71. The van der Waals surface area contributed by atoms with Crippen LogP contribution in [0.2, 0.25) is 0 Å². The minimum Gasteiger partial charge on any atom is -0.357 e. The van der Waals surface area contributed by atoms with Gasteiger partial charge in [0, 0.05) is 45.3 Å². The second-order valence-corrected chi connectivity index (χ2v) is 8.17. The van der Waals surface area contributed by atoms with Crippen molar-refractivity contribution >= 4 is 29.9 Å². The number of rotatable bonds is 6. The molecule has 2 fully saturated rings. The van der Waals surface area contributed by atoms with E-state index >= 15 is 0 Å². The lowest BCUT2D eigenvalue weighted by Crippen LogP contribution is -2.48. The lowest BCUT2D eigenvalue weighted by atomic mass is 9.99. The number of guanidine groups is 1. The van der Waals surface area contributed by atoms with E-state index in [9.17, 15) is 0 Å². The molecule has 5 nitrogen and oxygen atoms in total. The van der Waals surface area contributed by atoms with Gasteiger partial charge < -0.3 is 15.5 Å². The van der Waals surface area contributed by atoms with Gasteiger partial charge in [0.05, 0.1) is 0 Å². The highest BCUT2D eigenvalue weighted by molar-refractivity contribution is 14.0. The van der Waals surface area contributed by atoms with Gasteiger partial charge in [0.15, 0.2) is 5.96 Å². The SMILES string of the molecule is CCNC(=NCC1CCCN(C)C1)NC1CCN(Cc2ccccc2)CC1.I. The van der Waals surface area contributed by atoms with Crippen LogP contribution in [0.3, 0.4) is 0 Å². The van der Waals surface area contributed by atoms with E-state index in [0.29, 0.717) is 12.0 Å². The van der Waals surface area contributed by atoms with Gasteiger partial charge in [0.1, 0.15) is 0 Å². The number of likely N-dealkylation sites (tertiary alicyclic amines) is 2. The van der Waals surface area contributed by atoms with E-state index in [0.717, 1.165) is 38.7 Å². The molecule has 0 bridgehead atoms. The van der Waals surface area contributed by atoms with E-state index in [2.05, 4.69) is 64.7 Å². The number of nitrogens with zero attached hydrogens (tertiary/aromatic N) is 3. The molecule has 158 valence electrons. The predicted octanol–water partition coefficient (Wildman–Crippen LogP) is 3.17. The van der Waals surface area contributed by atoms with Crippen molar-refractivity contribution in [3.05, 3.63) is 35.9 Å². The summed E-state index contributed by atoms with van der Waals surface area (Å²) >= 11 is 0. The first kappa shape index (κ1) is 23.4. The minimum atomic E-state index is 0. The molecule has 2 saturated heterocycles. The third-order valence-corrected chi connectivity index (χ3v) is 5.75. The molecule has 1 aromatic carbocycles. The van der Waals surface area contributed by atoms with Gasteiger partial charge in [-0.25, -0.2) is 0 Å². The van der Waals surface area contributed by atoms with E-state index in [-0.39, 0.29) is 24.0 Å². The Morgan fingerprint density at radius 1 is 1.11 bits per heavy atom. The summed E-state index contributed by atoms with van der Waals surface area (Å²) in [5, 5.41) is 7.13. The number of benzene rings is 1. The Morgan fingerprint density at radius 2 is 1.86 bits per heavy atom. The highest BCUT2D eigenvalue weighted by atomic mass is 127. The Labute approximate surface area is 188 Å². The average molecular weight is 499 g/mol.